The van der Waals surface area contributed by atoms with Crippen molar-refractivity contribution in [2.45, 2.75) is 0 Å². The summed E-state index contributed by atoms with van der Waals surface area (Å²) >= 11 is 56.1. The molecule has 0 rings (SSSR count). The van der Waals surface area contributed by atoms with Gasteiger partial charge in [-0.1, -0.05) is 0 Å². The number of rotatable bonds is 0. The smallest absolute Gasteiger partial charge is 0.490 e. The molecule has 0 fully saturated rings. The fraction of sp³-hybridized carbons (Fsp3) is 0.667. The van der Waals surface area contributed by atoms with Crippen LogP contribution in [0.15, 0.2) is 0 Å². The second kappa shape index (κ2) is 18.5. The van der Waals surface area contributed by atoms with E-state index in [1.807, 2.05) is 0 Å². The van der Waals surface area contributed by atoms with Gasteiger partial charge in [0.25, 0.3) is 0 Å². The zero-order valence-electron chi connectivity index (χ0n) is 17.1. The van der Waals surface area contributed by atoms with Crippen molar-refractivity contribution in [2.24, 2.45) is 0 Å². The van der Waals surface area contributed by atoms with Gasteiger partial charge < -0.3 is 166 Å². The van der Waals surface area contributed by atoms with E-state index in [4.69, 9.17) is 51.3 Å². The van der Waals surface area contributed by atoms with Crippen LogP contribution >= 0.6 is 48.9 Å². The first-order valence-electron chi connectivity index (χ1n) is 6.84. The van der Waals surface area contributed by atoms with Gasteiger partial charge in [0.1, 0.15) is 0 Å². The van der Waals surface area contributed by atoms with E-state index < -0.39 is 0 Å². The molecule has 0 aromatic carbocycles. The fourth-order valence-electron chi connectivity index (χ4n) is 0. The Morgan fingerprint density at radius 2 is 0.448 bits per heavy atom. The normalized spacial score (nSPS) is 10.9. The predicted octanol–water partition coefficient (Wildman–Crippen LogP) is 1.42. The van der Waals surface area contributed by atoms with E-state index in [1.165, 1.54) is 0 Å². The van der Waals surface area contributed by atoms with Crippen LogP contribution in [0.3, 0.4) is 0 Å². The molecule has 170 valence electrons. The van der Waals surface area contributed by atoms with Crippen molar-refractivity contribution in [3.05, 3.63) is 0 Å². The minimum atomic E-state index is 0. The topological polar surface area (TPSA) is 0 Å². The molecule has 0 aliphatic carbocycles. The second-order valence-corrected chi connectivity index (χ2v) is 14.2. The Hall–Kier alpha value is 3.17. The van der Waals surface area contributed by atoms with E-state index >= 15 is 0 Å². The summed E-state index contributed by atoms with van der Waals surface area (Å²) in [6, 6.07) is 0. The molecule has 4 nitrogen and oxygen atoms in total. The molecule has 0 saturated carbocycles. The second-order valence-electron chi connectivity index (χ2n) is 6.47. The van der Waals surface area contributed by atoms with Gasteiger partial charge in [-0.15, -0.1) is 0 Å². The average molecular weight is 705 g/mol. The van der Waals surface area contributed by atoms with Crippen molar-refractivity contribution in [1.82, 2.24) is 0 Å². The molecule has 0 amide bonds. The maximum Gasteiger partial charge on any atom is 4.00 e. The number of quaternary nitrogens is 4. The molecule has 29 heavy (non-hydrogen) atoms. The van der Waals surface area contributed by atoms with Crippen molar-refractivity contribution < 1.29 is 36.6 Å². The summed E-state index contributed by atoms with van der Waals surface area (Å²) in [5, 5.41) is 0. The van der Waals surface area contributed by atoms with Gasteiger partial charge in [0.15, 0.2) is 0 Å². The van der Waals surface area contributed by atoms with Gasteiger partial charge in [0.2, 0.25) is 0 Å². The molecule has 0 bridgehead atoms. The first-order chi connectivity index (χ1) is 11.8. The SMILES string of the molecule is C[N+](C)([S-])C(=S)[S-].C[N+](C)([S-])C(=S)[S-].C[N+](C)([S-])C(=S)[S-].C[N+](C)([S-])C(=S)[S-].[Mo+4]. The van der Waals surface area contributed by atoms with Crippen LogP contribution in [-0.4, -0.2) is 89.2 Å². The maximum atomic E-state index is 4.80. The third-order valence-electron chi connectivity index (χ3n) is 1.76. The third kappa shape index (κ3) is 35.9. The quantitative estimate of drug-likeness (QED) is 0.155. The Morgan fingerprint density at radius 3 is 0.448 bits per heavy atom. The first-order valence-corrected chi connectivity index (χ1v) is 11.6. The Balaban J connectivity index is -0.0000000873. The van der Waals surface area contributed by atoms with Crippen molar-refractivity contribution >= 4 is 168 Å². The Morgan fingerprint density at radius 1 is 0.414 bits per heavy atom. The Labute approximate surface area is 257 Å². The number of hydrogen-bond acceptors (Lipinski definition) is 12. The van der Waals surface area contributed by atoms with Gasteiger partial charge in [-0.05, 0) is 0 Å². The molecule has 0 heterocycles. The summed E-state index contributed by atoms with van der Waals surface area (Å²) < 4.78 is 2.39. The van der Waals surface area contributed by atoms with Gasteiger partial charge in [-0.2, -0.15) is 0 Å². The molecule has 0 aromatic heterocycles. The minimum absolute atomic E-state index is 0. The standard InChI is InChI=1S/4C3H7NS3.Mo/c4*1-4(2,7)3(5)6;/h4*1-2H3,(H,5,6);/q;;;;+4/p-4. The third-order valence-corrected chi connectivity index (χ3v) is 7.07. The largest absolute Gasteiger partial charge is 4.00 e. The summed E-state index contributed by atoms with van der Waals surface area (Å²) in [7, 11) is 14.1. The Bertz CT molecular complexity index is 433. The van der Waals surface area contributed by atoms with Crippen molar-refractivity contribution in [3.8, 4) is 0 Å². The van der Waals surface area contributed by atoms with Crippen LogP contribution in [0.1, 0.15) is 0 Å². The van der Waals surface area contributed by atoms with Crippen molar-refractivity contribution in [2.75, 3.05) is 56.4 Å². The van der Waals surface area contributed by atoms with Crippen molar-refractivity contribution in [1.29, 1.82) is 0 Å². The van der Waals surface area contributed by atoms with Crippen LogP contribution in [0.5, 0.6) is 0 Å². The summed E-state index contributed by atoms with van der Waals surface area (Å²) in [5.41, 5.74) is 0. The molecule has 17 heteroatoms. The van der Waals surface area contributed by atoms with Crippen LogP contribution in [0.2, 0.25) is 0 Å². The maximum absolute atomic E-state index is 4.80. The summed E-state index contributed by atoms with van der Waals surface area (Å²) in [5.74, 6) is 0. The van der Waals surface area contributed by atoms with E-state index in [0.29, 0.717) is 17.3 Å². The summed E-state index contributed by atoms with van der Waals surface area (Å²) in [6.45, 7) is 0. The van der Waals surface area contributed by atoms with Crippen LogP contribution in [0.25, 0.3) is 0 Å². The zero-order chi connectivity index (χ0) is 24.3. The minimum Gasteiger partial charge on any atom is -0.490 e. The Kier molecular flexibility index (Phi) is 27.0. The van der Waals surface area contributed by atoms with Gasteiger partial charge in [-0.3, -0.25) is 0 Å². The van der Waals surface area contributed by atoms with Gasteiger partial charge in [-0.25, -0.2) is 0 Å². The number of nitrogens with zero attached hydrogens (tertiary/aromatic N) is 4. The predicted molar refractivity (Wildman–Crippen MR) is 158 cm³/mol. The molecule has 0 N–H and O–H groups in total. The fourth-order valence-corrected chi connectivity index (χ4v) is 0. The average Bonchev–Trinajstić information content (AvgIpc) is 2.35. The molecular weight excluding hydrogens is 681 g/mol. The first kappa shape index (κ1) is 42.3. The van der Waals surface area contributed by atoms with E-state index in [0.717, 1.165) is 0 Å². The van der Waals surface area contributed by atoms with Crippen LogP contribution in [0, 0.1) is 0 Å². The monoisotopic (exact) mass is 706 g/mol. The molecule has 0 aromatic rings. The molecule has 0 unspecified atom stereocenters. The van der Waals surface area contributed by atoms with Gasteiger partial charge >= 0.3 is 21.1 Å². The molecule has 0 aliphatic rings. The van der Waals surface area contributed by atoms with Crippen LogP contribution in [0.4, 0.5) is 0 Å². The van der Waals surface area contributed by atoms with E-state index in [1.54, 1.807) is 56.4 Å². The molecule has 0 radical (unpaired) electrons. The van der Waals surface area contributed by atoms with Crippen molar-refractivity contribution in [3.63, 3.8) is 0 Å². The summed E-state index contributed by atoms with van der Waals surface area (Å²) in [6.07, 6.45) is 0. The summed E-state index contributed by atoms with van der Waals surface area (Å²) in [4.78, 5) is 0. The molecule has 0 spiro atoms. The molecule has 0 atom stereocenters. The van der Waals surface area contributed by atoms with Gasteiger partial charge in [0.05, 0.1) is 56.4 Å². The van der Waals surface area contributed by atoms with Gasteiger partial charge in [0, 0.05) is 17.3 Å². The number of thiocarbonyl (C=S) groups is 4. The zero-order valence-corrected chi connectivity index (χ0v) is 28.9. The van der Waals surface area contributed by atoms with E-state index in [9.17, 15) is 0 Å². The molecule has 0 saturated heterocycles. The van der Waals surface area contributed by atoms with Crippen LogP contribution < -0.4 is 0 Å². The number of hydrogen-bond donors (Lipinski definition) is 0. The van der Waals surface area contributed by atoms with E-state index in [-0.39, 0.29) is 36.6 Å². The molecular formula is C12H24MoN4S12. The van der Waals surface area contributed by atoms with Crippen LogP contribution in [-0.2, 0) is 123 Å². The van der Waals surface area contributed by atoms with E-state index in [2.05, 4.69) is 99.4 Å². The molecule has 0 aliphatic heterocycles.